The van der Waals surface area contributed by atoms with Crippen molar-refractivity contribution in [3.05, 3.63) is 46.7 Å². The van der Waals surface area contributed by atoms with Crippen LogP contribution < -0.4 is 14.8 Å². The van der Waals surface area contributed by atoms with Crippen LogP contribution in [0.25, 0.3) is 0 Å². The van der Waals surface area contributed by atoms with Crippen molar-refractivity contribution in [1.82, 2.24) is 10.2 Å². The van der Waals surface area contributed by atoms with Crippen molar-refractivity contribution in [2.75, 3.05) is 11.9 Å². The molecule has 0 fully saturated rings. The monoisotopic (exact) mass is 391 g/mol. The van der Waals surface area contributed by atoms with E-state index in [1.807, 2.05) is 29.6 Å². The summed E-state index contributed by atoms with van der Waals surface area (Å²) in [6.07, 6.45) is -0.707. The van der Waals surface area contributed by atoms with Crippen LogP contribution in [0.2, 0.25) is 0 Å². The van der Waals surface area contributed by atoms with Crippen molar-refractivity contribution < 1.29 is 14.3 Å². The van der Waals surface area contributed by atoms with Crippen molar-refractivity contribution in [3.63, 3.8) is 0 Å². The van der Waals surface area contributed by atoms with E-state index < -0.39 is 6.10 Å². The molecule has 128 valence electrons. The van der Waals surface area contributed by atoms with Gasteiger partial charge >= 0.3 is 0 Å². The number of para-hydroxylation sites is 2. The number of thiophene rings is 1. The molecule has 1 aliphatic heterocycles. The van der Waals surface area contributed by atoms with E-state index >= 15 is 0 Å². The molecule has 0 aliphatic carbocycles. The molecule has 0 bridgehead atoms. The van der Waals surface area contributed by atoms with Crippen LogP contribution in [-0.4, -0.2) is 28.8 Å². The van der Waals surface area contributed by atoms with E-state index in [4.69, 9.17) is 9.47 Å². The second-order valence-electron chi connectivity index (χ2n) is 5.09. The number of fused-ring (bicyclic) bond motifs is 1. The standard InChI is InChI=1S/C16H13N3O3S3/c20-14(13-8-21-11-5-1-2-6-12(11)22-13)17-15-18-19-16(25-15)24-9-10-4-3-7-23-10/h1-7,13H,8-9H2,(H,17,18,20)/t13-/m1/s1. The van der Waals surface area contributed by atoms with Crippen molar-refractivity contribution in [2.24, 2.45) is 0 Å². The van der Waals surface area contributed by atoms with Gasteiger partial charge < -0.3 is 9.47 Å². The van der Waals surface area contributed by atoms with Gasteiger partial charge in [-0.2, -0.15) is 0 Å². The number of anilines is 1. The molecule has 3 heterocycles. The molecule has 1 atom stereocenters. The van der Waals surface area contributed by atoms with Crippen molar-refractivity contribution >= 4 is 45.5 Å². The number of amides is 1. The average Bonchev–Trinajstić information content (AvgIpc) is 3.31. The molecule has 1 aromatic carbocycles. The quantitative estimate of drug-likeness (QED) is 0.528. The lowest BCUT2D eigenvalue weighted by Gasteiger charge is -2.25. The predicted molar refractivity (Wildman–Crippen MR) is 98.8 cm³/mol. The number of hydrogen-bond acceptors (Lipinski definition) is 8. The number of nitrogens with one attached hydrogen (secondary N) is 1. The first kappa shape index (κ1) is 16.4. The van der Waals surface area contributed by atoms with Crippen LogP contribution in [0.4, 0.5) is 5.13 Å². The zero-order valence-electron chi connectivity index (χ0n) is 12.9. The summed E-state index contributed by atoms with van der Waals surface area (Å²) in [5, 5.41) is 13.4. The lowest BCUT2D eigenvalue weighted by molar-refractivity contribution is -0.125. The van der Waals surface area contributed by atoms with Crippen LogP contribution in [0.5, 0.6) is 11.5 Å². The minimum atomic E-state index is -0.707. The number of rotatable bonds is 5. The third kappa shape index (κ3) is 3.94. The lowest BCUT2D eigenvalue weighted by atomic mass is 10.2. The second-order valence-corrected chi connectivity index (χ2v) is 8.33. The number of nitrogens with zero attached hydrogens (tertiary/aromatic N) is 2. The molecule has 1 amide bonds. The lowest BCUT2D eigenvalue weighted by Crippen LogP contribution is -2.40. The van der Waals surface area contributed by atoms with E-state index in [2.05, 4.69) is 21.6 Å². The number of carbonyl (C=O) groups excluding carboxylic acids is 1. The Labute approximate surface area is 156 Å². The maximum atomic E-state index is 12.3. The van der Waals surface area contributed by atoms with Crippen molar-refractivity contribution in [2.45, 2.75) is 16.2 Å². The van der Waals surface area contributed by atoms with Crippen LogP contribution in [-0.2, 0) is 10.5 Å². The van der Waals surface area contributed by atoms with Gasteiger partial charge in [0.05, 0.1) is 0 Å². The van der Waals surface area contributed by atoms with Gasteiger partial charge in [-0.05, 0) is 23.6 Å². The number of benzene rings is 1. The van der Waals surface area contributed by atoms with Crippen LogP contribution in [0.15, 0.2) is 46.1 Å². The summed E-state index contributed by atoms with van der Waals surface area (Å²) < 4.78 is 12.1. The van der Waals surface area contributed by atoms with Gasteiger partial charge in [0.2, 0.25) is 11.2 Å². The highest BCUT2D eigenvalue weighted by atomic mass is 32.2. The molecule has 4 rings (SSSR count). The molecule has 25 heavy (non-hydrogen) atoms. The number of carbonyl (C=O) groups is 1. The molecule has 0 spiro atoms. The van der Waals surface area contributed by atoms with E-state index in [0.29, 0.717) is 16.6 Å². The van der Waals surface area contributed by atoms with Crippen LogP contribution >= 0.6 is 34.4 Å². The summed E-state index contributed by atoms with van der Waals surface area (Å²) in [5.41, 5.74) is 0. The Kier molecular flexibility index (Phi) is 4.86. The van der Waals surface area contributed by atoms with E-state index in [1.54, 1.807) is 29.2 Å². The van der Waals surface area contributed by atoms with E-state index in [1.165, 1.54) is 16.2 Å². The summed E-state index contributed by atoms with van der Waals surface area (Å²) in [5.74, 6) is 1.77. The first-order valence-electron chi connectivity index (χ1n) is 7.46. The maximum absolute atomic E-state index is 12.3. The topological polar surface area (TPSA) is 73.3 Å². The molecule has 0 saturated carbocycles. The molecule has 0 unspecified atom stereocenters. The Bertz CT molecular complexity index is 866. The first-order chi connectivity index (χ1) is 12.3. The fourth-order valence-electron chi connectivity index (χ4n) is 2.18. The van der Waals surface area contributed by atoms with Crippen molar-refractivity contribution in [3.8, 4) is 11.5 Å². The summed E-state index contributed by atoms with van der Waals surface area (Å²) in [4.78, 5) is 13.6. The Balaban J connectivity index is 1.34. The molecular formula is C16H13N3O3S3. The average molecular weight is 391 g/mol. The molecule has 3 aromatic rings. The molecule has 0 radical (unpaired) electrons. The van der Waals surface area contributed by atoms with Gasteiger partial charge in [0.15, 0.2) is 15.8 Å². The number of hydrogen-bond donors (Lipinski definition) is 1. The zero-order valence-corrected chi connectivity index (χ0v) is 15.3. The van der Waals surface area contributed by atoms with E-state index in [0.717, 1.165) is 10.1 Å². The zero-order chi connectivity index (χ0) is 17.1. The minimum absolute atomic E-state index is 0.168. The van der Waals surface area contributed by atoms with Gasteiger partial charge in [0.25, 0.3) is 5.91 Å². The minimum Gasteiger partial charge on any atom is -0.485 e. The van der Waals surface area contributed by atoms with Crippen LogP contribution in [0.1, 0.15) is 4.88 Å². The largest absolute Gasteiger partial charge is 0.485 e. The third-order valence-corrected chi connectivity index (χ3v) is 6.44. The SMILES string of the molecule is O=C(Nc1nnc(SCc2cccs2)s1)[C@H]1COc2ccccc2O1. The Morgan fingerprint density at radius 1 is 1.24 bits per heavy atom. The van der Waals surface area contributed by atoms with Gasteiger partial charge in [-0.1, -0.05) is 41.3 Å². The van der Waals surface area contributed by atoms with Crippen LogP contribution in [0, 0.1) is 0 Å². The first-order valence-corrected chi connectivity index (χ1v) is 10.1. The molecule has 9 heteroatoms. The van der Waals surface area contributed by atoms with E-state index in [-0.39, 0.29) is 12.5 Å². The highest BCUT2D eigenvalue weighted by Gasteiger charge is 2.28. The summed E-state index contributed by atoms with van der Waals surface area (Å²) in [6, 6.07) is 11.4. The molecule has 1 aliphatic rings. The van der Waals surface area contributed by atoms with E-state index in [9.17, 15) is 4.79 Å². The second kappa shape index (κ2) is 7.42. The highest BCUT2D eigenvalue weighted by Crippen LogP contribution is 2.32. The van der Waals surface area contributed by atoms with Gasteiger partial charge in [-0.15, -0.1) is 21.5 Å². The fraction of sp³-hybridized carbons (Fsp3) is 0.188. The molecule has 6 nitrogen and oxygen atoms in total. The smallest absolute Gasteiger partial charge is 0.270 e. The summed E-state index contributed by atoms with van der Waals surface area (Å²) in [7, 11) is 0. The Hall–Kier alpha value is -2.10. The van der Waals surface area contributed by atoms with Gasteiger partial charge in [0.1, 0.15) is 6.61 Å². The number of thioether (sulfide) groups is 1. The molecule has 2 aromatic heterocycles. The Morgan fingerprint density at radius 2 is 2.12 bits per heavy atom. The van der Waals surface area contributed by atoms with Crippen LogP contribution in [0.3, 0.4) is 0 Å². The third-order valence-electron chi connectivity index (χ3n) is 3.36. The molecular weight excluding hydrogens is 378 g/mol. The summed E-state index contributed by atoms with van der Waals surface area (Å²) in [6.45, 7) is 0.168. The predicted octanol–water partition coefficient (Wildman–Crippen LogP) is 3.67. The highest BCUT2D eigenvalue weighted by molar-refractivity contribution is 8.00. The molecule has 1 N–H and O–H groups in total. The fourth-order valence-corrected chi connectivity index (χ4v) is 4.71. The van der Waals surface area contributed by atoms with Gasteiger partial charge in [-0.25, -0.2) is 0 Å². The summed E-state index contributed by atoms with van der Waals surface area (Å²) >= 11 is 4.66. The normalized spacial score (nSPS) is 15.8. The maximum Gasteiger partial charge on any atom is 0.270 e. The molecule has 0 saturated heterocycles. The van der Waals surface area contributed by atoms with Gasteiger partial charge in [0, 0.05) is 10.6 Å². The number of aromatic nitrogens is 2. The Morgan fingerprint density at radius 3 is 2.96 bits per heavy atom. The number of ether oxygens (including phenoxy) is 2. The van der Waals surface area contributed by atoms with Crippen molar-refractivity contribution in [1.29, 1.82) is 0 Å². The van der Waals surface area contributed by atoms with Gasteiger partial charge in [-0.3, -0.25) is 10.1 Å².